The Balaban J connectivity index is 2.66. The van der Waals surface area contributed by atoms with E-state index in [1.807, 2.05) is 0 Å². The lowest BCUT2D eigenvalue weighted by molar-refractivity contribution is 0.362. The van der Waals surface area contributed by atoms with Crippen LogP contribution in [0.3, 0.4) is 0 Å². The van der Waals surface area contributed by atoms with Gasteiger partial charge in [0.05, 0.1) is 6.33 Å². The monoisotopic (exact) mass is 162 g/mol. The Morgan fingerprint density at radius 3 is 2.70 bits per heavy atom. The first kappa shape index (κ1) is 7.47. The second-order valence-electron chi connectivity index (χ2n) is 1.88. The zero-order valence-corrected chi connectivity index (χ0v) is 5.98. The van der Waals surface area contributed by atoms with Gasteiger partial charge in [0.25, 0.3) is 0 Å². The minimum Gasteiger partial charge on any atom is -0.325 e. The Bertz CT molecular complexity index is 239. The molecule has 1 aromatic rings. The van der Waals surface area contributed by atoms with Crippen LogP contribution in [0.1, 0.15) is 0 Å². The lowest BCUT2D eigenvalue weighted by Crippen LogP contribution is -1.94. The summed E-state index contributed by atoms with van der Waals surface area (Å²) < 4.78 is 11.7. The fourth-order valence-electron chi connectivity index (χ4n) is 0.583. The van der Waals surface area contributed by atoms with Crippen LogP contribution in [-0.4, -0.2) is 19.3 Å². The van der Waals surface area contributed by atoms with E-state index in [4.69, 9.17) is 9.79 Å². The number of imidazole rings is 1. The number of hydrogen-bond donors (Lipinski definition) is 2. The Kier molecular flexibility index (Phi) is 1.89. The van der Waals surface area contributed by atoms with E-state index in [9.17, 15) is 4.57 Å². The van der Waals surface area contributed by atoms with Gasteiger partial charge in [-0.25, -0.2) is 4.98 Å². The zero-order chi connectivity index (χ0) is 7.61. The summed E-state index contributed by atoms with van der Waals surface area (Å²) in [5, 5.41) is 0. The molecule has 0 radical (unpaired) electrons. The van der Waals surface area contributed by atoms with Crippen molar-refractivity contribution in [3.63, 3.8) is 0 Å². The molecule has 0 saturated heterocycles. The Morgan fingerprint density at radius 2 is 2.30 bits per heavy atom. The molecule has 10 heavy (non-hydrogen) atoms. The quantitative estimate of drug-likeness (QED) is 0.601. The highest BCUT2D eigenvalue weighted by atomic mass is 31.2. The van der Waals surface area contributed by atoms with Crippen LogP contribution in [0.4, 0.5) is 0 Å². The van der Waals surface area contributed by atoms with Crippen LogP contribution in [0.25, 0.3) is 0 Å². The van der Waals surface area contributed by atoms with E-state index in [0.717, 1.165) is 0 Å². The van der Waals surface area contributed by atoms with Gasteiger partial charge in [0, 0.05) is 12.4 Å². The van der Waals surface area contributed by atoms with Crippen LogP contribution in [0, 0.1) is 0 Å². The summed E-state index contributed by atoms with van der Waals surface area (Å²) in [4.78, 5) is 20.5. The van der Waals surface area contributed by atoms with Gasteiger partial charge >= 0.3 is 7.60 Å². The van der Waals surface area contributed by atoms with Crippen LogP contribution < -0.4 is 0 Å². The van der Waals surface area contributed by atoms with Crippen molar-refractivity contribution in [3.05, 3.63) is 18.7 Å². The molecule has 0 bridgehead atoms. The van der Waals surface area contributed by atoms with Gasteiger partial charge in [-0.05, 0) is 0 Å². The van der Waals surface area contributed by atoms with Crippen molar-refractivity contribution in [3.8, 4) is 0 Å². The van der Waals surface area contributed by atoms with Gasteiger partial charge in [0.15, 0.2) is 0 Å². The Hall–Kier alpha value is -0.640. The van der Waals surface area contributed by atoms with Gasteiger partial charge in [0.2, 0.25) is 0 Å². The molecule has 1 heterocycles. The van der Waals surface area contributed by atoms with Gasteiger partial charge in [-0.2, -0.15) is 0 Å². The van der Waals surface area contributed by atoms with E-state index >= 15 is 0 Å². The van der Waals surface area contributed by atoms with Gasteiger partial charge in [-0.3, -0.25) is 4.57 Å². The topological polar surface area (TPSA) is 75.3 Å². The maximum Gasteiger partial charge on any atom is 0.345 e. The highest BCUT2D eigenvalue weighted by Crippen LogP contribution is 2.35. The predicted molar refractivity (Wildman–Crippen MR) is 34.3 cm³/mol. The zero-order valence-electron chi connectivity index (χ0n) is 5.08. The van der Waals surface area contributed by atoms with E-state index in [0.29, 0.717) is 0 Å². The summed E-state index contributed by atoms with van der Waals surface area (Å²) in [6.07, 6.45) is 4.03. The SMILES string of the molecule is O=P(O)(O)Cn1ccnc1. The van der Waals surface area contributed by atoms with E-state index in [1.54, 1.807) is 0 Å². The second-order valence-corrected chi connectivity index (χ2v) is 3.50. The average Bonchev–Trinajstić information content (AvgIpc) is 2.12. The van der Waals surface area contributed by atoms with Crippen LogP contribution in [-0.2, 0) is 10.9 Å². The molecule has 0 atom stereocenters. The third-order valence-electron chi connectivity index (χ3n) is 0.907. The minimum absolute atomic E-state index is 0.299. The molecular weight excluding hydrogens is 155 g/mol. The third kappa shape index (κ3) is 2.31. The maximum absolute atomic E-state index is 10.3. The standard InChI is InChI=1S/C4H7N2O3P/c7-10(8,9)4-6-2-1-5-3-6/h1-3H,4H2,(H2,7,8,9). The average molecular weight is 162 g/mol. The normalized spacial score (nSPS) is 11.8. The van der Waals surface area contributed by atoms with Crippen molar-refractivity contribution in [1.82, 2.24) is 9.55 Å². The smallest absolute Gasteiger partial charge is 0.325 e. The molecule has 0 spiro atoms. The highest BCUT2D eigenvalue weighted by molar-refractivity contribution is 7.50. The molecule has 0 aromatic carbocycles. The van der Waals surface area contributed by atoms with Crippen molar-refractivity contribution < 1.29 is 14.4 Å². The highest BCUT2D eigenvalue weighted by Gasteiger charge is 2.12. The van der Waals surface area contributed by atoms with Gasteiger partial charge in [-0.1, -0.05) is 0 Å². The summed E-state index contributed by atoms with van der Waals surface area (Å²) in [6, 6.07) is 0. The van der Waals surface area contributed by atoms with Crippen LogP contribution >= 0.6 is 7.60 Å². The molecule has 1 rings (SSSR count). The molecule has 56 valence electrons. The summed E-state index contributed by atoms with van der Waals surface area (Å²) in [6.45, 7) is 0. The van der Waals surface area contributed by atoms with Gasteiger partial charge < -0.3 is 14.4 Å². The van der Waals surface area contributed by atoms with Gasteiger partial charge in [0.1, 0.15) is 6.29 Å². The number of aromatic nitrogens is 2. The van der Waals surface area contributed by atoms with Crippen LogP contribution in [0.15, 0.2) is 18.7 Å². The lowest BCUT2D eigenvalue weighted by atomic mass is 10.9. The predicted octanol–water partition coefficient (Wildman–Crippen LogP) is 0.0183. The van der Waals surface area contributed by atoms with Crippen molar-refractivity contribution in [2.75, 3.05) is 0 Å². The molecule has 2 N–H and O–H groups in total. The molecule has 6 heteroatoms. The molecule has 0 aliphatic heterocycles. The summed E-state index contributed by atoms with van der Waals surface area (Å²) in [5.41, 5.74) is 0. The van der Waals surface area contributed by atoms with E-state index in [2.05, 4.69) is 4.98 Å². The summed E-state index contributed by atoms with van der Waals surface area (Å²) in [5.74, 6) is 0. The number of hydrogen-bond acceptors (Lipinski definition) is 2. The molecule has 0 amide bonds. The van der Waals surface area contributed by atoms with Crippen LogP contribution in [0.2, 0.25) is 0 Å². The maximum atomic E-state index is 10.3. The number of rotatable bonds is 2. The third-order valence-corrected chi connectivity index (χ3v) is 1.60. The molecule has 0 fully saturated rings. The molecule has 0 saturated carbocycles. The summed E-state index contributed by atoms with van der Waals surface area (Å²) >= 11 is 0. The number of nitrogens with zero attached hydrogens (tertiary/aromatic N) is 2. The van der Waals surface area contributed by atoms with Crippen molar-refractivity contribution in [2.24, 2.45) is 0 Å². The largest absolute Gasteiger partial charge is 0.345 e. The first-order valence-electron chi connectivity index (χ1n) is 2.58. The summed E-state index contributed by atoms with van der Waals surface area (Å²) in [7, 11) is -3.93. The lowest BCUT2D eigenvalue weighted by Gasteiger charge is -2.02. The first-order valence-corrected chi connectivity index (χ1v) is 4.38. The van der Waals surface area contributed by atoms with E-state index in [1.165, 1.54) is 23.3 Å². The fraction of sp³-hybridized carbons (Fsp3) is 0.250. The molecule has 0 aliphatic carbocycles. The molecule has 1 aromatic heterocycles. The minimum atomic E-state index is -3.93. The van der Waals surface area contributed by atoms with E-state index in [-0.39, 0.29) is 6.29 Å². The molecule has 0 aliphatic rings. The molecular formula is C4H7N2O3P. The second kappa shape index (κ2) is 2.54. The molecule has 0 unspecified atom stereocenters. The Morgan fingerprint density at radius 1 is 1.60 bits per heavy atom. The van der Waals surface area contributed by atoms with Gasteiger partial charge in [-0.15, -0.1) is 0 Å². The Labute approximate surface area is 57.5 Å². The molecule has 5 nitrogen and oxygen atoms in total. The van der Waals surface area contributed by atoms with Crippen molar-refractivity contribution >= 4 is 7.60 Å². The van der Waals surface area contributed by atoms with Crippen molar-refractivity contribution in [2.45, 2.75) is 6.29 Å². The first-order chi connectivity index (χ1) is 4.58. The van der Waals surface area contributed by atoms with Crippen LogP contribution in [0.5, 0.6) is 0 Å². The van der Waals surface area contributed by atoms with Crippen molar-refractivity contribution in [1.29, 1.82) is 0 Å². The van der Waals surface area contributed by atoms with E-state index < -0.39 is 7.60 Å². The fourth-order valence-corrected chi connectivity index (χ4v) is 1.18.